The SMILES string of the molecule is CN(CC(=O)NC(C)(C)C)C(=O)Nc1ccc2c(c1)Cc1ccccc1-2. The number of benzene rings is 2. The van der Waals surface area contributed by atoms with Crippen molar-refractivity contribution in [3.05, 3.63) is 53.6 Å². The number of urea groups is 1. The number of nitrogens with zero attached hydrogens (tertiary/aromatic N) is 1. The Morgan fingerprint density at radius 3 is 2.46 bits per heavy atom. The Morgan fingerprint density at radius 2 is 1.73 bits per heavy atom. The molecule has 0 fully saturated rings. The number of carbonyl (C=O) groups is 2. The molecular weight excluding hydrogens is 326 g/mol. The molecule has 0 saturated carbocycles. The number of hydrogen-bond donors (Lipinski definition) is 2. The summed E-state index contributed by atoms with van der Waals surface area (Å²) >= 11 is 0. The summed E-state index contributed by atoms with van der Waals surface area (Å²) in [4.78, 5) is 25.7. The highest BCUT2D eigenvalue weighted by molar-refractivity contribution is 5.93. The number of anilines is 1. The van der Waals surface area contributed by atoms with Gasteiger partial charge in [0, 0.05) is 18.3 Å². The Bertz CT molecular complexity index is 853. The molecule has 0 radical (unpaired) electrons. The van der Waals surface area contributed by atoms with Crippen molar-refractivity contribution in [2.24, 2.45) is 0 Å². The molecule has 0 heterocycles. The highest BCUT2D eigenvalue weighted by Crippen LogP contribution is 2.37. The molecule has 3 amide bonds. The Labute approximate surface area is 154 Å². The Morgan fingerprint density at radius 1 is 1.04 bits per heavy atom. The summed E-state index contributed by atoms with van der Waals surface area (Å²) in [6.07, 6.45) is 0.874. The number of nitrogens with one attached hydrogen (secondary N) is 2. The van der Waals surface area contributed by atoms with Crippen molar-refractivity contribution >= 4 is 17.6 Å². The highest BCUT2D eigenvalue weighted by atomic mass is 16.2. The van der Waals surface area contributed by atoms with Crippen molar-refractivity contribution in [2.45, 2.75) is 32.7 Å². The monoisotopic (exact) mass is 351 g/mol. The first kappa shape index (κ1) is 18.0. The van der Waals surface area contributed by atoms with E-state index in [1.165, 1.54) is 27.2 Å². The van der Waals surface area contributed by atoms with E-state index in [-0.39, 0.29) is 24.0 Å². The van der Waals surface area contributed by atoms with Crippen LogP contribution in [0.25, 0.3) is 11.1 Å². The van der Waals surface area contributed by atoms with Crippen molar-refractivity contribution in [3.63, 3.8) is 0 Å². The van der Waals surface area contributed by atoms with Gasteiger partial charge in [0.15, 0.2) is 0 Å². The molecular formula is C21H25N3O2. The van der Waals surface area contributed by atoms with Crippen LogP contribution in [0.4, 0.5) is 10.5 Å². The van der Waals surface area contributed by atoms with Gasteiger partial charge in [0.2, 0.25) is 5.91 Å². The van der Waals surface area contributed by atoms with Gasteiger partial charge < -0.3 is 15.5 Å². The minimum absolute atomic E-state index is 0.0134. The molecule has 1 aliphatic rings. The van der Waals surface area contributed by atoms with Crippen molar-refractivity contribution in [3.8, 4) is 11.1 Å². The van der Waals surface area contributed by atoms with E-state index in [2.05, 4.69) is 22.8 Å². The zero-order chi connectivity index (χ0) is 18.9. The van der Waals surface area contributed by atoms with Crippen LogP contribution in [0.5, 0.6) is 0 Å². The maximum Gasteiger partial charge on any atom is 0.322 e. The highest BCUT2D eigenvalue weighted by Gasteiger charge is 2.20. The van der Waals surface area contributed by atoms with E-state index >= 15 is 0 Å². The molecule has 2 N–H and O–H groups in total. The zero-order valence-corrected chi connectivity index (χ0v) is 15.7. The Hall–Kier alpha value is -2.82. The fraction of sp³-hybridized carbons (Fsp3) is 0.333. The van der Waals surface area contributed by atoms with Crippen LogP contribution in [0, 0.1) is 0 Å². The first-order valence-electron chi connectivity index (χ1n) is 8.77. The number of amides is 3. The van der Waals surface area contributed by atoms with E-state index in [1.807, 2.05) is 51.1 Å². The molecule has 0 aliphatic heterocycles. The van der Waals surface area contributed by atoms with Gasteiger partial charge >= 0.3 is 6.03 Å². The van der Waals surface area contributed by atoms with Crippen LogP contribution in [0.15, 0.2) is 42.5 Å². The van der Waals surface area contributed by atoms with E-state index in [9.17, 15) is 9.59 Å². The molecule has 5 heteroatoms. The van der Waals surface area contributed by atoms with Gasteiger partial charge in [0.1, 0.15) is 6.54 Å². The van der Waals surface area contributed by atoms with Gasteiger partial charge in [-0.2, -0.15) is 0 Å². The number of rotatable bonds is 3. The fourth-order valence-corrected chi connectivity index (χ4v) is 3.19. The van der Waals surface area contributed by atoms with Crippen LogP contribution in [-0.4, -0.2) is 36.0 Å². The van der Waals surface area contributed by atoms with E-state index in [4.69, 9.17) is 0 Å². The zero-order valence-electron chi connectivity index (χ0n) is 15.7. The smallest absolute Gasteiger partial charge is 0.322 e. The molecule has 2 aromatic rings. The first-order chi connectivity index (χ1) is 12.2. The molecule has 3 rings (SSSR count). The third kappa shape index (κ3) is 4.04. The van der Waals surface area contributed by atoms with Gasteiger partial charge in [0.05, 0.1) is 0 Å². The summed E-state index contributed by atoms with van der Waals surface area (Å²) < 4.78 is 0. The molecule has 1 aliphatic carbocycles. The lowest BCUT2D eigenvalue weighted by Gasteiger charge is -2.23. The molecule has 0 atom stereocenters. The summed E-state index contributed by atoms with van der Waals surface area (Å²) in [7, 11) is 1.61. The molecule has 2 aromatic carbocycles. The van der Waals surface area contributed by atoms with Crippen molar-refractivity contribution in [1.82, 2.24) is 10.2 Å². The predicted octanol–water partition coefficient (Wildman–Crippen LogP) is 3.64. The summed E-state index contributed by atoms with van der Waals surface area (Å²) in [5, 5.41) is 5.73. The van der Waals surface area contributed by atoms with Crippen LogP contribution in [0.1, 0.15) is 31.9 Å². The van der Waals surface area contributed by atoms with Crippen molar-refractivity contribution < 1.29 is 9.59 Å². The molecule has 0 unspecified atom stereocenters. The lowest BCUT2D eigenvalue weighted by Crippen LogP contribution is -2.47. The van der Waals surface area contributed by atoms with E-state index < -0.39 is 0 Å². The summed E-state index contributed by atoms with van der Waals surface area (Å²) in [6, 6.07) is 14.0. The summed E-state index contributed by atoms with van der Waals surface area (Å²) in [5.41, 5.74) is 5.42. The molecule has 0 spiro atoms. The molecule has 5 nitrogen and oxygen atoms in total. The van der Waals surface area contributed by atoms with Crippen LogP contribution in [0.2, 0.25) is 0 Å². The van der Waals surface area contributed by atoms with E-state index in [1.54, 1.807) is 7.05 Å². The van der Waals surface area contributed by atoms with Crippen molar-refractivity contribution in [1.29, 1.82) is 0 Å². The molecule has 0 bridgehead atoms. The third-order valence-corrected chi connectivity index (χ3v) is 4.29. The maximum absolute atomic E-state index is 12.4. The van der Waals surface area contributed by atoms with Gasteiger partial charge in [-0.3, -0.25) is 4.79 Å². The second-order valence-corrected chi connectivity index (χ2v) is 7.79. The fourth-order valence-electron chi connectivity index (χ4n) is 3.19. The predicted molar refractivity (Wildman–Crippen MR) is 104 cm³/mol. The Balaban J connectivity index is 1.64. The van der Waals surface area contributed by atoms with Gasteiger partial charge in [-0.25, -0.2) is 4.79 Å². The molecule has 26 heavy (non-hydrogen) atoms. The molecule has 0 saturated heterocycles. The van der Waals surface area contributed by atoms with Gasteiger partial charge in [-0.15, -0.1) is 0 Å². The average molecular weight is 351 g/mol. The van der Waals surface area contributed by atoms with Crippen LogP contribution in [0.3, 0.4) is 0 Å². The van der Waals surface area contributed by atoms with Crippen molar-refractivity contribution in [2.75, 3.05) is 18.9 Å². The van der Waals surface area contributed by atoms with Gasteiger partial charge in [-0.05, 0) is 61.6 Å². The third-order valence-electron chi connectivity index (χ3n) is 4.29. The quantitative estimate of drug-likeness (QED) is 0.757. The second kappa shape index (κ2) is 6.83. The van der Waals surface area contributed by atoms with Crippen LogP contribution >= 0.6 is 0 Å². The average Bonchev–Trinajstić information content (AvgIpc) is 2.90. The topological polar surface area (TPSA) is 61.4 Å². The number of carbonyl (C=O) groups excluding carboxylic acids is 2. The minimum atomic E-state index is -0.316. The van der Waals surface area contributed by atoms with Crippen LogP contribution in [-0.2, 0) is 11.2 Å². The summed E-state index contributed by atoms with van der Waals surface area (Å²) in [6.45, 7) is 5.74. The summed E-state index contributed by atoms with van der Waals surface area (Å²) in [5.74, 6) is -0.181. The Kier molecular flexibility index (Phi) is 4.72. The lowest BCUT2D eigenvalue weighted by atomic mass is 10.1. The minimum Gasteiger partial charge on any atom is -0.350 e. The van der Waals surface area contributed by atoms with Crippen LogP contribution < -0.4 is 10.6 Å². The van der Waals surface area contributed by atoms with Gasteiger partial charge in [0.25, 0.3) is 0 Å². The first-order valence-corrected chi connectivity index (χ1v) is 8.77. The van der Waals surface area contributed by atoms with E-state index in [0.29, 0.717) is 0 Å². The van der Waals surface area contributed by atoms with Gasteiger partial charge in [-0.1, -0.05) is 30.3 Å². The van der Waals surface area contributed by atoms with E-state index in [0.717, 1.165) is 12.1 Å². The largest absolute Gasteiger partial charge is 0.350 e. The number of fused-ring (bicyclic) bond motifs is 3. The normalized spacial score (nSPS) is 12.2. The second-order valence-electron chi connectivity index (χ2n) is 7.79. The lowest BCUT2D eigenvalue weighted by molar-refractivity contribution is -0.122. The molecule has 0 aromatic heterocycles. The molecule has 136 valence electrons. The number of hydrogen-bond acceptors (Lipinski definition) is 2. The number of likely N-dealkylation sites (N-methyl/N-ethyl adjacent to an activating group) is 1. The standard InChI is InChI=1S/C21H25N3O2/c1-21(2,3)23-19(25)13-24(4)20(26)22-16-9-10-18-15(12-16)11-14-7-5-6-8-17(14)18/h5-10,12H,11,13H2,1-4H3,(H,22,26)(H,23,25). The maximum atomic E-state index is 12.4.